The molecule has 0 spiro atoms. The first-order valence-electron chi connectivity index (χ1n) is 14.8. The van der Waals surface area contributed by atoms with Crippen molar-refractivity contribution in [2.45, 2.75) is 90.2 Å². The Labute approximate surface area is 251 Å². The average molecular weight is 590 g/mol. The molecule has 42 heavy (non-hydrogen) atoms. The minimum absolute atomic E-state index is 0.108. The Morgan fingerprint density at radius 1 is 0.857 bits per heavy atom. The zero-order chi connectivity index (χ0) is 30.4. The number of anilines is 1. The summed E-state index contributed by atoms with van der Waals surface area (Å²) in [6, 6.07) is 19.4. The van der Waals surface area contributed by atoms with Crippen molar-refractivity contribution < 1.29 is 18.0 Å². The molecular weight excluding hydrogens is 546 g/mol. The third-order valence-electron chi connectivity index (χ3n) is 8.08. The first-order chi connectivity index (χ1) is 20.0. The van der Waals surface area contributed by atoms with Gasteiger partial charge in [-0.3, -0.25) is 13.9 Å². The van der Waals surface area contributed by atoms with Crippen LogP contribution < -0.4 is 9.62 Å². The molecule has 1 N–H and O–H groups in total. The standard InChI is InChI=1S/C34H43N3O4S/c1-6-31(34(39)35-29-9-7-8-10-29)36(22-28-17-12-24(2)13-18-28)33(38)23-37(32-21-26(4)11-16-27(32)5)42(40,41)30-19-14-25(3)15-20-30/h11-21,29,31H,6-10,22-23H2,1-5H3,(H,35,39)/t31-/m1/s1. The summed E-state index contributed by atoms with van der Waals surface area (Å²) in [5.41, 5.74) is 4.97. The molecule has 0 bridgehead atoms. The molecule has 1 aliphatic carbocycles. The van der Waals surface area contributed by atoms with E-state index in [9.17, 15) is 18.0 Å². The fourth-order valence-corrected chi connectivity index (χ4v) is 6.99. The number of hydrogen-bond acceptors (Lipinski definition) is 4. The number of nitrogens with zero attached hydrogens (tertiary/aromatic N) is 2. The van der Waals surface area contributed by atoms with Crippen molar-refractivity contribution in [3.8, 4) is 0 Å². The highest BCUT2D eigenvalue weighted by atomic mass is 32.2. The summed E-state index contributed by atoms with van der Waals surface area (Å²) in [6.07, 6.45) is 4.43. The Morgan fingerprint density at radius 2 is 1.43 bits per heavy atom. The molecule has 0 heterocycles. The van der Waals surface area contributed by atoms with E-state index in [1.807, 2.05) is 71.0 Å². The zero-order valence-corrected chi connectivity index (χ0v) is 26.2. The molecule has 0 unspecified atom stereocenters. The van der Waals surface area contributed by atoms with Crippen molar-refractivity contribution in [1.29, 1.82) is 0 Å². The van der Waals surface area contributed by atoms with Gasteiger partial charge >= 0.3 is 0 Å². The lowest BCUT2D eigenvalue weighted by molar-refractivity contribution is -0.140. The summed E-state index contributed by atoms with van der Waals surface area (Å²) in [4.78, 5) is 29.6. The maximum absolute atomic E-state index is 14.3. The average Bonchev–Trinajstić information content (AvgIpc) is 3.47. The van der Waals surface area contributed by atoms with Crippen LogP contribution in [0.5, 0.6) is 0 Å². The Morgan fingerprint density at radius 3 is 2.02 bits per heavy atom. The SMILES string of the molecule is CC[C@H](C(=O)NC1CCCC1)N(Cc1ccc(C)cc1)C(=O)CN(c1cc(C)ccc1C)S(=O)(=O)c1ccc(C)cc1. The van der Waals surface area contributed by atoms with Crippen LogP contribution in [-0.2, 0) is 26.2 Å². The summed E-state index contributed by atoms with van der Waals surface area (Å²) >= 11 is 0. The van der Waals surface area contributed by atoms with Crippen molar-refractivity contribution in [3.63, 3.8) is 0 Å². The lowest BCUT2D eigenvalue weighted by Crippen LogP contribution is -2.53. The number of sulfonamides is 1. The van der Waals surface area contributed by atoms with Gasteiger partial charge in [-0.1, -0.05) is 79.4 Å². The van der Waals surface area contributed by atoms with Crippen LogP contribution >= 0.6 is 0 Å². The van der Waals surface area contributed by atoms with Gasteiger partial charge in [-0.25, -0.2) is 8.42 Å². The van der Waals surface area contributed by atoms with E-state index in [4.69, 9.17) is 0 Å². The van der Waals surface area contributed by atoms with E-state index in [0.29, 0.717) is 12.1 Å². The van der Waals surface area contributed by atoms with Crippen molar-refractivity contribution >= 4 is 27.5 Å². The molecule has 1 atom stereocenters. The van der Waals surface area contributed by atoms with Crippen LogP contribution in [0.4, 0.5) is 5.69 Å². The second-order valence-electron chi connectivity index (χ2n) is 11.5. The molecule has 3 aromatic rings. The van der Waals surface area contributed by atoms with Gasteiger partial charge in [0.1, 0.15) is 12.6 Å². The highest BCUT2D eigenvalue weighted by Gasteiger charge is 2.35. The van der Waals surface area contributed by atoms with Crippen molar-refractivity contribution in [2.75, 3.05) is 10.8 Å². The van der Waals surface area contributed by atoms with Crippen molar-refractivity contribution in [1.82, 2.24) is 10.2 Å². The first-order valence-corrected chi connectivity index (χ1v) is 16.3. The summed E-state index contributed by atoms with van der Waals surface area (Å²) in [5, 5.41) is 3.16. The van der Waals surface area contributed by atoms with E-state index in [2.05, 4.69) is 5.32 Å². The third-order valence-corrected chi connectivity index (χ3v) is 9.86. The molecule has 224 valence electrons. The molecule has 0 saturated heterocycles. The second kappa shape index (κ2) is 13.6. The molecule has 1 saturated carbocycles. The quantitative estimate of drug-likeness (QED) is 0.298. The maximum Gasteiger partial charge on any atom is 0.264 e. The Kier molecular flexibility index (Phi) is 10.1. The monoisotopic (exact) mass is 589 g/mol. The number of nitrogens with one attached hydrogen (secondary N) is 1. The predicted octanol–water partition coefficient (Wildman–Crippen LogP) is 5.98. The maximum atomic E-state index is 14.3. The highest BCUT2D eigenvalue weighted by molar-refractivity contribution is 7.92. The van der Waals surface area contributed by atoms with Gasteiger partial charge in [-0.15, -0.1) is 0 Å². The lowest BCUT2D eigenvalue weighted by Gasteiger charge is -2.34. The predicted molar refractivity (Wildman–Crippen MR) is 168 cm³/mol. The number of aryl methyl sites for hydroxylation is 4. The van der Waals surface area contributed by atoms with Gasteiger partial charge in [0.15, 0.2) is 0 Å². The van der Waals surface area contributed by atoms with Gasteiger partial charge in [0, 0.05) is 12.6 Å². The molecule has 2 amide bonds. The molecule has 0 aliphatic heterocycles. The Bertz CT molecular complexity index is 1490. The summed E-state index contributed by atoms with van der Waals surface area (Å²) in [5.74, 6) is -0.620. The number of amides is 2. The van der Waals surface area contributed by atoms with Gasteiger partial charge in [0.05, 0.1) is 10.6 Å². The van der Waals surface area contributed by atoms with Crippen LogP contribution in [0.2, 0.25) is 0 Å². The Balaban J connectivity index is 1.74. The van der Waals surface area contributed by atoms with E-state index in [1.165, 1.54) is 4.31 Å². The summed E-state index contributed by atoms with van der Waals surface area (Å²) in [6.45, 7) is 9.28. The third kappa shape index (κ3) is 7.40. The molecule has 4 rings (SSSR count). The van der Waals surface area contributed by atoms with Crippen LogP contribution in [0.1, 0.15) is 66.8 Å². The first kappa shape index (κ1) is 31.3. The number of carbonyl (C=O) groups excluding carboxylic acids is 2. The molecular formula is C34H43N3O4S. The molecule has 3 aromatic carbocycles. The molecule has 7 nitrogen and oxygen atoms in total. The van der Waals surface area contributed by atoms with Crippen molar-refractivity contribution in [2.24, 2.45) is 0 Å². The van der Waals surface area contributed by atoms with E-state index in [-0.39, 0.29) is 23.4 Å². The van der Waals surface area contributed by atoms with Crippen LogP contribution in [0.3, 0.4) is 0 Å². The number of carbonyl (C=O) groups is 2. The fourth-order valence-electron chi connectivity index (χ4n) is 5.52. The normalized spacial score (nSPS) is 14.4. The molecule has 1 fully saturated rings. The van der Waals surface area contributed by atoms with Gasteiger partial charge < -0.3 is 10.2 Å². The van der Waals surface area contributed by atoms with Crippen LogP contribution in [0, 0.1) is 27.7 Å². The Hall–Kier alpha value is -3.65. The number of hydrogen-bond donors (Lipinski definition) is 1. The smallest absolute Gasteiger partial charge is 0.264 e. The van der Waals surface area contributed by atoms with Crippen molar-refractivity contribution in [3.05, 3.63) is 94.5 Å². The zero-order valence-electron chi connectivity index (χ0n) is 25.4. The molecule has 0 aromatic heterocycles. The second-order valence-corrected chi connectivity index (χ2v) is 13.4. The van der Waals surface area contributed by atoms with E-state index >= 15 is 0 Å². The fraction of sp³-hybridized carbons (Fsp3) is 0.412. The van der Waals surface area contributed by atoms with E-state index < -0.39 is 28.5 Å². The minimum atomic E-state index is -4.10. The van der Waals surface area contributed by atoms with Gasteiger partial charge in [0.2, 0.25) is 11.8 Å². The number of rotatable bonds is 11. The largest absolute Gasteiger partial charge is 0.352 e. The molecule has 1 aliphatic rings. The van der Waals surface area contributed by atoms with E-state index in [1.54, 1.807) is 35.2 Å². The van der Waals surface area contributed by atoms with Crippen LogP contribution in [0.25, 0.3) is 0 Å². The highest BCUT2D eigenvalue weighted by Crippen LogP contribution is 2.29. The van der Waals surface area contributed by atoms with Gasteiger partial charge in [-0.05, 0) is 81.8 Å². The lowest BCUT2D eigenvalue weighted by atomic mass is 10.1. The molecule has 0 radical (unpaired) electrons. The topological polar surface area (TPSA) is 86.8 Å². The van der Waals surface area contributed by atoms with Crippen LogP contribution in [0.15, 0.2) is 71.6 Å². The summed E-state index contributed by atoms with van der Waals surface area (Å²) < 4.78 is 29.5. The summed E-state index contributed by atoms with van der Waals surface area (Å²) in [7, 11) is -4.10. The minimum Gasteiger partial charge on any atom is -0.352 e. The van der Waals surface area contributed by atoms with Gasteiger partial charge in [-0.2, -0.15) is 0 Å². The van der Waals surface area contributed by atoms with E-state index in [0.717, 1.165) is 53.5 Å². The van der Waals surface area contributed by atoms with Gasteiger partial charge in [0.25, 0.3) is 10.0 Å². The molecule has 8 heteroatoms. The van der Waals surface area contributed by atoms with Crippen LogP contribution in [-0.4, -0.2) is 43.8 Å². The number of benzene rings is 3.